The van der Waals surface area contributed by atoms with Gasteiger partial charge in [0, 0.05) is 44.7 Å². The molecule has 0 spiro atoms. The van der Waals surface area contributed by atoms with E-state index in [0.29, 0.717) is 0 Å². The Kier molecular flexibility index (Phi) is 3.20. The molecule has 5 heteroatoms. The fraction of sp³-hybridized carbons (Fsp3) is 0.600. The van der Waals surface area contributed by atoms with Crippen molar-refractivity contribution in [2.45, 2.75) is 13.3 Å². The van der Waals surface area contributed by atoms with E-state index < -0.39 is 0 Å². The van der Waals surface area contributed by atoms with Crippen LogP contribution in [-0.4, -0.2) is 42.0 Å². The van der Waals surface area contributed by atoms with Gasteiger partial charge in [0.15, 0.2) is 5.13 Å². The molecule has 0 bridgehead atoms. The van der Waals surface area contributed by atoms with Gasteiger partial charge in [-0.05, 0) is 6.42 Å². The first-order valence-electron chi connectivity index (χ1n) is 5.17. The first-order valence-corrected chi connectivity index (χ1v) is 6.05. The molecule has 1 amide bonds. The SMILES string of the molecule is CC(=O)N1CCCN(c2nccs2)CC1. The third-order valence-corrected chi connectivity index (χ3v) is 3.46. The number of carbonyl (C=O) groups excluding carboxylic acids is 1. The lowest BCUT2D eigenvalue weighted by atomic mass is 10.4. The molecule has 1 aromatic heterocycles. The molecule has 0 aromatic carbocycles. The van der Waals surface area contributed by atoms with E-state index in [1.54, 1.807) is 18.3 Å². The fourth-order valence-corrected chi connectivity index (χ4v) is 2.49. The van der Waals surface area contributed by atoms with E-state index in [0.717, 1.165) is 37.7 Å². The zero-order chi connectivity index (χ0) is 10.7. The van der Waals surface area contributed by atoms with Crippen LogP contribution in [0.5, 0.6) is 0 Å². The number of hydrogen-bond donors (Lipinski definition) is 0. The van der Waals surface area contributed by atoms with E-state index in [9.17, 15) is 4.79 Å². The Morgan fingerprint density at radius 2 is 2.27 bits per heavy atom. The molecule has 1 aliphatic heterocycles. The largest absolute Gasteiger partial charge is 0.346 e. The maximum absolute atomic E-state index is 11.2. The van der Waals surface area contributed by atoms with Crippen molar-refractivity contribution < 1.29 is 4.79 Å². The van der Waals surface area contributed by atoms with Crippen molar-refractivity contribution in [3.63, 3.8) is 0 Å². The summed E-state index contributed by atoms with van der Waals surface area (Å²) in [6.07, 6.45) is 2.85. The highest BCUT2D eigenvalue weighted by molar-refractivity contribution is 7.13. The van der Waals surface area contributed by atoms with Crippen LogP contribution in [0.15, 0.2) is 11.6 Å². The average Bonchev–Trinajstić information content (AvgIpc) is 2.62. The van der Waals surface area contributed by atoms with Crippen molar-refractivity contribution in [3.05, 3.63) is 11.6 Å². The molecule has 0 aliphatic carbocycles. The standard InChI is InChI=1S/C10H15N3OS/c1-9(14)12-4-2-5-13(7-6-12)10-11-3-8-15-10/h3,8H,2,4-7H2,1H3. The zero-order valence-corrected chi connectivity index (χ0v) is 9.66. The Morgan fingerprint density at radius 1 is 1.40 bits per heavy atom. The minimum Gasteiger partial charge on any atom is -0.346 e. The Bertz CT molecular complexity index is 325. The van der Waals surface area contributed by atoms with Crippen molar-refractivity contribution in [2.24, 2.45) is 0 Å². The van der Waals surface area contributed by atoms with Gasteiger partial charge in [-0.25, -0.2) is 4.98 Å². The average molecular weight is 225 g/mol. The van der Waals surface area contributed by atoms with Crippen LogP contribution in [0.25, 0.3) is 0 Å². The van der Waals surface area contributed by atoms with Gasteiger partial charge in [0.25, 0.3) is 0 Å². The molecule has 2 heterocycles. The molecule has 0 saturated carbocycles. The van der Waals surface area contributed by atoms with Gasteiger partial charge in [-0.2, -0.15) is 0 Å². The number of carbonyl (C=O) groups is 1. The van der Waals surface area contributed by atoms with Crippen LogP contribution < -0.4 is 4.90 Å². The first-order chi connectivity index (χ1) is 7.27. The highest BCUT2D eigenvalue weighted by Crippen LogP contribution is 2.18. The number of amides is 1. The lowest BCUT2D eigenvalue weighted by molar-refractivity contribution is -0.128. The normalized spacial score (nSPS) is 17.7. The molecular weight excluding hydrogens is 210 g/mol. The van der Waals surface area contributed by atoms with Crippen molar-refractivity contribution >= 4 is 22.4 Å². The summed E-state index contributed by atoms with van der Waals surface area (Å²) in [5.41, 5.74) is 0. The Labute approximate surface area is 93.5 Å². The lowest BCUT2D eigenvalue weighted by Crippen LogP contribution is -2.33. The summed E-state index contributed by atoms with van der Waals surface area (Å²) in [6.45, 7) is 5.22. The molecule has 0 radical (unpaired) electrons. The van der Waals surface area contributed by atoms with E-state index in [4.69, 9.17) is 0 Å². The molecule has 0 N–H and O–H groups in total. The van der Waals surface area contributed by atoms with E-state index in [1.807, 2.05) is 16.5 Å². The summed E-state index contributed by atoms with van der Waals surface area (Å²) in [5, 5.41) is 3.06. The van der Waals surface area contributed by atoms with Crippen molar-refractivity contribution in [2.75, 3.05) is 31.1 Å². The number of thiazole rings is 1. The van der Waals surface area contributed by atoms with Crippen LogP contribution >= 0.6 is 11.3 Å². The Balaban J connectivity index is 1.98. The minimum absolute atomic E-state index is 0.177. The van der Waals surface area contributed by atoms with Crippen LogP contribution in [0.2, 0.25) is 0 Å². The van der Waals surface area contributed by atoms with Gasteiger partial charge in [0.2, 0.25) is 5.91 Å². The Hall–Kier alpha value is -1.10. The molecular formula is C10H15N3OS. The van der Waals surface area contributed by atoms with Crippen molar-refractivity contribution in [3.8, 4) is 0 Å². The maximum atomic E-state index is 11.2. The minimum atomic E-state index is 0.177. The quantitative estimate of drug-likeness (QED) is 0.720. The molecule has 82 valence electrons. The highest BCUT2D eigenvalue weighted by atomic mass is 32.1. The Morgan fingerprint density at radius 3 is 2.93 bits per heavy atom. The van der Waals surface area contributed by atoms with Crippen LogP contribution in [-0.2, 0) is 4.79 Å². The van der Waals surface area contributed by atoms with E-state index >= 15 is 0 Å². The summed E-state index contributed by atoms with van der Waals surface area (Å²) < 4.78 is 0. The molecule has 15 heavy (non-hydrogen) atoms. The smallest absolute Gasteiger partial charge is 0.219 e. The third kappa shape index (κ3) is 2.47. The predicted molar refractivity (Wildman–Crippen MR) is 61.2 cm³/mol. The summed E-state index contributed by atoms with van der Waals surface area (Å²) in [4.78, 5) is 19.7. The van der Waals surface area contributed by atoms with Crippen LogP contribution in [0.1, 0.15) is 13.3 Å². The monoisotopic (exact) mass is 225 g/mol. The van der Waals surface area contributed by atoms with Gasteiger partial charge in [-0.1, -0.05) is 0 Å². The molecule has 0 unspecified atom stereocenters. The van der Waals surface area contributed by atoms with Crippen molar-refractivity contribution in [1.82, 2.24) is 9.88 Å². The molecule has 1 aromatic rings. The van der Waals surface area contributed by atoms with Crippen LogP contribution in [0.4, 0.5) is 5.13 Å². The zero-order valence-electron chi connectivity index (χ0n) is 8.85. The van der Waals surface area contributed by atoms with Crippen LogP contribution in [0, 0.1) is 0 Å². The summed E-state index contributed by atoms with van der Waals surface area (Å²) in [7, 11) is 0. The lowest BCUT2D eigenvalue weighted by Gasteiger charge is -2.20. The molecule has 4 nitrogen and oxygen atoms in total. The molecule has 1 aliphatic rings. The van der Waals surface area contributed by atoms with Gasteiger partial charge in [-0.15, -0.1) is 11.3 Å². The highest BCUT2D eigenvalue weighted by Gasteiger charge is 2.17. The van der Waals surface area contributed by atoms with Crippen molar-refractivity contribution in [1.29, 1.82) is 0 Å². The maximum Gasteiger partial charge on any atom is 0.219 e. The van der Waals surface area contributed by atoms with E-state index in [1.165, 1.54) is 0 Å². The molecule has 0 atom stereocenters. The van der Waals surface area contributed by atoms with Gasteiger partial charge in [0.05, 0.1) is 0 Å². The second-order valence-electron chi connectivity index (χ2n) is 3.66. The van der Waals surface area contributed by atoms with E-state index in [2.05, 4.69) is 9.88 Å². The summed E-state index contributed by atoms with van der Waals surface area (Å²) in [5.74, 6) is 0.177. The van der Waals surface area contributed by atoms with Gasteiger partial charge < -0.3 is 9.80 Å². The molecule has 1 saturated heterocycles. The topological polar surface area (TPSA) is 36.4 Å². The number of hydrogen-bond acceptors (Lipinski definition) is 4. The molecule has 1 fully saturated rings. The van der Waals surface area contributed by atoms with Crippen LogP contribution in [0.3, 0.4) is 0 Å². The third-order valence-electron chi connectivity index (χ3n) is 2.63. The first kappa shape index (κ1) is 10.4. The number of nitrogens with zero attached hydrogens (tertiary/aromatic N) is 3. The number of anilines is 1. The molecule has 2 rings (SSSR count). The number of aromatic nitrogens is 1. The van der Waals surface area contributed by atoms with E-state index in [-0.39, 0.29) is 5.91 Å². The van der Waals surface area contributed by atoms with Gasteiger partial charge in [0.1, 0.15) is 0 Å². The van der Waals surface area contributed by atoms with Gasteiger partial charge >= 0.3 is 0 Å². The second kappa shape index (κ2) is 4.61. The summed E-state index contributed by atoms with van der Waals surface area (Å²) >= 11 is 1.66. The summed E-state index contributed by atoms with van der Waals surface area (Å²) in [6, 6.07) is 0. The second-order valence-corrected chi connectivity index (χ2v) is 4.53. The fourth-order valence-electron chi connectivity index (χ4n) is 1.80. The predicted octanol–water partition coefficient (Wildman–Crippen LogP) is 1.20. The number of rotatable bonds is 1. The van der Waals surface area contributed by atoms with Gasteiger partial charge in [-0.3, -0.25) is 4.79 Å².